The van der Waals surface area contributed by atoms with Gasteiger partial charge >= 0.3 is 0 Å². The van der Waals surface area contributed by atoms with Crippen LogP contribution in [0.25, 0.3) is 0 Å². The molecule has 0 aliphatic rings. The van der Waals surface area contributed by atoms with Gasteiger partial charge < -0.3 is 11.1 Å². The average molecular weight is 294 g/mol. The molecule has 0 spiro atoms. The van der Waals surface area contributed by atoms with Crippen molar-refractivity contribution in [1.29, 1.82) is 0 Å². The summed E-state index contributed by atoms with van der Waals surface area (Å²) in [5.74, 6) is 5.50. The van der Waals surface area contributed by atoms with E-state index in [1.807, 2.05) is 6.26 Å². The first-order chi connectivity index (χ1) is 9.69. The lowest BCUT2D eigenvalue weighted by Gasteiger charge is -2.06. The summed E-state index contributed by atoms with van der Waals surface area (Å²) in [7, 11) is 0. The van der Waals surface area contributed by atoms with Crippen LogP contribution < -0.4 is 11.1 Å². The van der Waals surface area contributed by atoms with Crippen LogP contribution in [0, 0.1) is 17.7 Å². The molecule has 0 fully saturated rings. The number of halogens is 1. The first kappa shape index (κ1) is 16.5. The Morgan fingerprint density at radius 3 is 2.90 bits per heavy atom. The molecule has 20 heavy (non-hydrogen) atoms. The van der Waals surface area contributed by atoms with Crippen molar-refractivity contribution in [2.45, 2.75) is 12.8 Å². The molecular weight excluding hydrogens is 275 g/mol. The molecule has 3 N–H and O–H groups in total. The molecule has 1 aromatic rings. The highest BCUT2D eigenvalue weighted by Gasteiger charge is 2.11. The van der Waals surface area contributed by atoms with E-state index in [4.69, 9.17) is 5.73 Å². The van der Waals surface area contributed by atoms with Crippen molar-refractivity contribution in [3.63, 3.8) is 0 Å². The molecule has 0 radical (unpaired) electrons. The monoisotopic (exact) mass is 294 g/mol. The number of benzene rings is 1. The molecule has 1 amide bonds. The van der Waals surface area contributed by atoms with Crippen LogP contribution in [0.1, 0.15) is 28.8 Å². The fourth-order valence-electron chi connectivity index (χ4n) is 1.60. The number of amides is 1. The smallest absolute Gasteiger partial charge is 0.254 e. The quantitative estimate of drug-likeness (QED) is 0.623. The Hall–Kier alpha value is -1.51. The van der Waals surface area contributed by atoms with Gasteiger partial charge in [0.15, 0.2) is 0 Å². The Bertz CT molecular complexity index is 508. The second-order valence-electron chi connectivity index (χ2n) is 4.16. The van der Waals surface area contributed by atoms with Crippen LogP contribution in [-0.4, -0.2) is 31.0 Å². The lowest BCUT2D eigenvalue weighted by atomic mass is 10.1. The Kier molecular flexibility index (Phi) is 7.78. The van der Waals surface area contributed by atoms with Gasteiger partial charge in [-0.2, -0.15) is 11.8 Å². The number of carbonyl (C=O) groups excluding carboxylic acids is 1. The van der Waals surface area contributed by atoms with Crippen molar-refractivity contribution >= 4 is 17.7 Å². The summed E-state index contributed by atoms with van der Waals surface area (Å²) in [6, 6.07) is 4.33. The minimum absolute atomic E-state index is 0.0492. The minimum atomic E-state index is -0.560. The largest absolute Gasteiger partial charge is 0.352 e. The minimum Gasteiger partial charge on any atom is -0.352 e. The van der Waals surface area contributed by atoms with E-state index in [2.05, 4.69) is 17.2 Å². The molecule has 0 bridgehead atoms. The molecule has 0 unspecified atom stereocenters. The Labute approximate surface area is 123 Å². The third-order valence-corrected chi connectivity index (χ3v) is 3.31. The molecule has 0 heterocycles. The zero-order valence-corrected chi connectivity index (χ0v) is 12.4. The topological polar surface area (TPSA) is 55.1 Å². The summed E-state index contributed by atoms with van der Waals surface area (Å²) in [5.41, 5.74) is 5.82. The maximum absolute atomic E-state index is 13.8. The molecule has 1 rings (SSSR count). The van der Waals surface area contributed by atoms with Gasteiger partial charge in [-0.3, -0.25) is 4.79 Å². The summed E-state index contributed by atoms with van der Waals surface area (Å²) >= 11 is 1.77. The molecule has 5 heteroatoms. The van der Waals surface area contributed by atoms with E-state index in [9.17, 15) is 9.18 Å². The van der Waals surface area contributed by atoms with Crippen LogP contribution in [0.3, 0.4) is 0 Å². The van der Waals surface area contributed by atoms with Crippen LogP contribution in [0.5, 0.6) is 0 Å². The van der Waals surface area contributed by atoms with E-state index < -0.39 is 5.82 Å². The van der Waals surface area contributed by atoms with Crippen molar-refractivity contribution < 1.29 is 9.18 Å². The van der Waals surface area contributed by atoms with Crippen molar-refractivity contribution in [2.24, 2.45) is 5.73 Å². The van der Waals surface area contributed by atoms with Crippen LogP contribution in [0.4, 0.5) is 4.39 Å². The zero-order valence-electron chi connectivity index (χ0n) is 11.5. The van der Waals surface area contributed by atoms with E-state index in [0.717, 1.165) is 18.6 Å². The first-order valence-electron chi connectivity index (χ1n) is 6.44. The van der Waals surface area contributed by atoms with Gasteiger partial charge in [0.05, 0.1) is 12.1 Å². The lowest BCUT2D eigenvalue weighted by molar-refractivity contribution is 0.0949. The lowest BCUT2D eigenvalue weighted by Crippen LogP contribution is -2.25. The van der Waals surface area contributed by atoms with Gasteiger partial charge in [-0.1, -0.05) is 11.8 Å². The van der Waals surface area contributed by atoms with E-state index in [0.29, 0.717) is 12.1 Å². The predicted octanol–water partition coefficient (Wildman–Crippen LogP) is 2.01. The number of hydrogen-bond donors (Lipinski definition) is 2. The van der Waals surface area contributed by atoms with Crippen molar-refractivity contribution in [3.05, 3.63) is 35.1 Å². The van der Waals surface area contributed by atoms with Gasteiger partial charge in [0.2, 0.25) is 0 Å². The standard InChI is InChI=1S/C15H19FN2OS/c1-20-10-3-2-9-18-15(19)13-7-6-12(5-4-8-17)11-14(13)16/h6-7,11H,2-3,8-10,17H2,1H3,(H,18,19). The van der Waals surface area contributed by atoms with E-state index in [-0.39, 0.29) is 18.0 Å². The third kappa shape index (κ3) is 5.64. The number of nitrogens with two attached hydrogens (primary N) is 1. The number of nitrogens with one attached hydrogen (secondary N) is 1. The third-order valence-electron chi connectivity index (χ3n) is 2.61. The fourth-order valence-corrected chi connectivity index (χ4v) is 2.09. The van der Waals surface area contributed by atoms with Gasteiger partial charge in [-0.05, 0) is 43.0 Å². The molecule has 1 aromatic carbocycles. The van der Waals surface area contributed by atoms with Crippen molar-refractivity contribution in [3.8, 4) is 11.8 Å². The molecule has 0 aliphatic carbocycles. The summed E-state index contributed by atoms with van der Waals surface area (Å²) < 4.78 is 13.8. The van der Waals surface area contributed by atoms with Crippen molar-refractivity contribution in [2.75, 3.05) is 25.1 Å². The summed E-state index contributed by atoms with van der Waals surface area (Å²) in [4.78, 5) is 11.8. The summed E-state index contributed by atoms with van der Waals surface area (Å²) in [6.45, 7) is 0.785. The second-order valence-corrected chi connectivity index (χ2v) is 5.14. The molecule has 3 nitrogen and oxygen atoms in total. The van der Waals surface area contributed by atoms with Crippen LogP contribution >= 0.6 is 11.8 Å². The molecule has 0 aliphatic heterocycles. The highest BCUT2D eigenvalue weighted by Crippen LogP contribution is 2.10. The normalized spacial score (nSPS) is 9.75. The van der Waals surface area contributed by atoms with Crippen LogP contribution in [0.2, 0.25) is 0 Å². The number of hydrogen-bond acceptors (Lipinski definition) is 3. The van der Waals surface area contributed by atoms with E-state index >= 15 is 0 Å². The average Bonchev–Trinajstić information content (AvgIpc) is 2.44. The van der Waals surface area contributed by atoms with Gasteiger partial charge in [-0.15, -0.1) is 0 Å². The Morgan fingerprint density at radius 2 is 2.25 bits per heavy atom. The van der Waals surface area contributed by atoms with Crippen LogP contribution in [-0.2, 0) is 0 Å². The van der Waals surface area contributed by atoms with Crippen molar-refractivity contribution in [1.82, 2.24) is 5.32 Å². The number of unbranched alkanes of at least 4 members (excludes halogenated alkanes) is 1. The highest BCUT2D eigenvalue weighted by molar-refractivity contribution is 7.98. The van der Waals surface area contributed by atoms with Crippen LogP contribution in [0.15, 0.2) is 18.2 Å². The number of thioether (sulfide) groups is 1. The molecule has 0 atom stereocenters. The number of rotatable bonds is 6. The molecule has 108 valence electrons. The van der Waals surface area contributed by atoms with Gasteiger partial charge in [-0.25, -0.2) is 4.39 Å². The summed E-state index contributed by atoms with van der Waals surface area (Å²) in [6.07, 6.45) is 3.98. The first-order valence-corrected chi connectivity index (χ1v) is 7.84. The van der Waals surface area contributed by atoms with Gasteiger partial charge in [0, 0.05) is 12.1 Å². The zero-order chi connectivity index (χ0) is 14.8. The van der Waals surface area contributed by atoms with Gasteiger partial charge in [0.25, 0.3) is 5.91 Å². The molecular formula is C15H19FN2OS. The number of carbonyl (C=O) groups is 1. The van der Waals surface area contributed by atoms with E-state index in [1.165, 1.54) is 12.1 Å². The highest BCUT2D eigenvalue weighted by atomic mass is 32.2. The maximum atomic E-state index is 13.8. The molecule has 0 saturated heterocycles. The fraction of sp³-hybridized carbons (Fsp3) is 0.400. The van der Waals surface area contributed by atoms with E-state index in [1.54, 1.807) is 17.8 Å². The Balaban J connectivity index is 2.56. The summed E-state index contributed by atoms with van der Waals surface area (Å²) in [5, 5.41) is 2.72. The predicted molar refractivity (Wildman–Crippen MR) is 82.3 cm³/mol. The van der Waals surface area contributed by atoms with Gasteiger partial charge in [0.1, 0.15) is 5.82 Å². The molecule has 0 aromatic heterocycles. The maximum Gasteiger partial charge on any atom is 0.254 e. The Morgan fingerprint density at radius 1 is 1.45 bits per heavy atom. The second kappa shape index (κ2) is 9.40. The molecule has 0 saturated carbocycles. The SMILES string of the molecule is CSCCCCNC(=O)c1ccc(C#CCN)cc1F.